The lowest BCUT2D eigenvalue weighted by atomic mass is 9.57. The van der Waals surface area contributed by atoms with E-state index in [1.165, 1.54) is 5.56 Å². The van der Waals surface area contributed by atoms with Crippen LogP contribution in [0.2, 0.25) is 5.02 Å². The number of hydrogen-bond donors (Lipinski definition) is 0. The van der Waals surface area contributed by atoms with Gasteiger partial charge < -0.3 is 9.64 Å². The van der Waals surface area contributed by atoms with Gasteiger partial charge in [-0.3, -0.25) is 14.3 Å². The molecule has 3 fully saturated rings. The highest BCUT2D eigenvalue weighted by molar-refractivity contribution is 6.30. The summed E-state index contributed by atoms with van der Waals surface area (Å²) in [7, 11) is 2.10. The Morgan fingerprint density at radius 3 is 2.72 bits per heavy atom. The number of ether oxygens (including phenoxy) is 1. The number of rotatable bonds is 2. The van der Waals surface area contributed by atoms with Crippen molar-refractivity contribution in [2.45, 2.75) is 31.8 Å². The average molecular weight is 414 g/mol. The molecule has 3 aliphatic heterocycles. The number of benzene rings is 1. The highest BCUT2D eigenvalue weighted by atomic mass is 35.5. The summed E-state index contributed by atoms with van der Waals surface area (Å²) in [6, 6.07) is 6.08. The number of carbonyl (C=O) groups is 1. The Bertz CT molecular complexity index is 987. The van der Waals surface area contributed by atoms with Gasteiger partial charge in [-0.05, 0) is 43.7 Å². The molecule has 4 aliphatic rings. The van der Waals surface area contributed by atoms with Crippen molar-refractivity contribution < 1.29 is 9.53 Å². The fourth-order valence-electron chi connectivity index (χ4n) is 5.43. The Labute approximate surface area is 174 Å². The molecule has 0 unspecified atom stereocenters. The van der Waals surface area contributed by atoms with Crippen LogP contribution in [0.25, 0.3) is 5.69 Å². The summed E-state index contributed by atoms with van der Waals surface area (Å²) in [4.78, 5) is 16.6. The quantitative estimate of drug-likeness (QED) is 0.755. The van der Waals surface area contributed by atoms with Gasteiger partial charge in [0, 0.05) is 36.0 Å². The van der Waals surface area contributed by atoms with E-state index in [1.54, 1.807) is 0 Å². The van der Waals surface area contributed by atoms with Crippen molar-refractivity contribution in [3.63, 3.8) is 0 Å². The molecule has 1 saturated carbocycles. The van der Waals surface area contributed by atoms with Crippen LogP contribution in [0.4, 0.5) is 0 Å². The zero-order chi connectivity index (χ0) is 19.8. The Kier molecular flexibility index (Phi) is 3.86. The van der Waals surface area contributed by atoms with Crippen molar-refractivity contribution in [1.82, 2.24) is 24.6 Å². The standard InChI is InChI=1S/C21H24ClN5O2/c1-25-7-13-4-16(22)2-3-17(13)27-18(8-25)23-24-19(27)14-5-21(6-14)11-26(12-21)20(28)15-9-29-10-15/h2-4,14-15H,5-12H2,1H3. The van der Waals surface area contributed by atoms with Crippen LogP contribution >= 0.6 is 11.6 Å². The predicted octanol–water partition coefficient (Wildman–Crippen LogP) is 2.22. The molecule has 152 valence electrons. The van der Waals surface area contributed by atoms with Crippen LogP contribution < -0.4 is 0 Å². The van der Waals surface area contributed by atoms with Crippen molar-refractivity contribution in [2.75, 3.05) is 33.4 Å². The Morgan fingerprint density at radius 1 is 1.21 bits per heavy atom. The average Bonchev–Trinajstić information content (AvgIpc) is 2.88. The molecule has 0 atom stereocenters. The van der Waals surface area contributed by atoms with Gasteiger partial charge in [-0.25, -0.2) is 0 Å². The maximum Gasteiger partial charge on any atom is 0.230 e. The van der Waals surface area contributed by atoms with E-state index in [0.717, 1.165) is 61.4 Å². The summed E-state index contributed by atoms with van der Waals surface area (Å²) < 4.78 is 7.41. The van der Waals surface area contributed by atoms with E-state index in [2.05, 4.69) is 32.8 Å². The number of amides is 1. The molecule has 1 spiro atoms. The van der Waals surface area contributed by atoms with Crippen molar-refractivity contribution in [1.29, 1.82) is 0 Å². The van der Waals surface area contributed by atoms with Crippen molar-refractivity contribution in [2.24, 2.45) is 11.3 Å². The third-order valence-corrected chi connectivity index (χ3v) is 7.20. The highest BCUT2D eigenvalue weighted by Crippen LogP contribution is 2.56. The first-order valence-corrected chi connectivity index (χ1v) is 10.7. The fraction of sp³-hybridized carbons (Fsp3) is 0.571. The lowest BCUT2D eigenvalue weighted by Gasteiger charge is -2.59. The fourth-order valence-corrected chi connectivity index (χ4v) is 5.62. The molecule has 6 rings (SSSR count). The third kappa shape index (κ3) is 2.75. The molecule has 1 aliphatic carbocycles. The van der Waals surface area contributed by atoms with Gasteiger partial charge in [0.25, 0.3) is 0 Å². The van der Waals surface area contributed by atoms with E-state index in [1.807, 2.05) is 17.0 Å². The van der Waals surface area contributed by atoms with Crippen molar-refractivity contribution in [3.05, 3.63) is 40.4 Å². The summed E-state index contributed by atoms with van der Waals surface area (Å²) in [6.07, 6.45) is 2.16. The van der Waals surface area contributed by atoms with E-state index >= 15 is 0 Å². The molecule has 8 heteroatoms. The SMILES string of the molecule is CN1Cc2cc(Cl)ccc2-n2c(nnc2C2CC3(C2)CN(C(=O)C2COC2)C3)C1. The topological polar surface area (TPSA) is 63.5 Å². The first-order chi connectivity index (χ1) is 14.0. The molecule has 2 saturated heterocycles. The summed E-state index contributed by atoms with van der Waals surface area (Å²) >= 11 is 6.26. The highest BCUT2D eigenvalue weighted by Gasteiger charge is 2.56. The molecular weight excluding hydrogens is 390 g/mol. The van der Waals surface area contributed by atoms with Gasteiger partial charge in [0.1, 0.15) is 5.82 Å². The van der Waals surface area contributed by atoms with E-state index < -0.39 is 0 Å². The second kappa shape index (κ2) is 6.27. The first kappa shape index (κ1) is 17.9. The molecule has 29 heavy (non-hydrogen) atoms. The smallest absolute Gasteiger partial charge is 0.230 e. The number of halogens is 1. The molecule has 1 aromatic carbocycles. The van der Waals surface area contributed by atoms with Crippen LogP contribution in [0, 0.1) is 11.3 Å². The number of carbonyl (C=O) groups excluding carboxylic acids is 1. The van der Waals surface area contributed by atoms with Gasteiger partial charge in [-0.2, -0.15) is 0 Å². The Balaban J connectivity index is 1.22. The zero-order valence-corrected chi connectivity index (χ0v) is 17.2. The number of aromatic nitrogens is 3. The lowest BCUT2D eigenvalue weighted by Crippen LogP contribution is -2.65. The molecular formula is C21H24ClN5O2. The number of hydrogen-bond acceptors (Lipinski definition) is 5. The van der Waals surface area contributed by atoms with Crippen LogP contribution in [0.15, 0.2) is 18.2 Å². The second-order valence-electron chi connectivity index (χ2n) is 9.29. The zero-order valence-electron chi connectivity index (χ0n) is 16.5. The largest absolute Gasteiger partial charge is 0.380 e. The number of fused-ring (bicyclic) bond motifs is 3. The predicted molar refractivity (Wildman–Crippen MR) is 107 cm³/mol. The monoisotopic (exact) mass is 413 g/mol. The van der Waals surface area contributed by atoms with Gasteiger partial charge in [0.15, 0.2) is 5.82 Å². The lowest BCUT2D eigenvalue weighted by molar-refractivity contribution is -0.169. The number of nitrogens with zero attached hydrogens (tertiary/aromatic N) is 5. The van der Waals surface area contributed by atoms with E-state index in [4.69, 9.17) is 16.3 Å². The third-order valence-electron chi connectivity index (χ3n) is 6.96. The summed E-state index contributed by atoms with van der Waals surface area (Å²) in [6.45, 7) is 4.56. The van der Waals surface area contributed by atoms with Crippen molar-refractivity contribution in [3.8, 4) is 5.69 Å². The second-order valence-corrected chi connectivity index (χ2v) is 9.73. The molecule has 1 aromatic heterocycles. The number of likely N-dealkylation sites (tertiary alicyclic amines) is 1. The molecule has 4 heterocycles. The van der Waals surface area contributed by atoms with Gasteiger partial charge in [0.2, 0.25) is 5.91 Å². The minimum atomic E-state index is 0.0933. The summed E-state index contributed by atoms with van der Waals surface area (Å²) in [5.74, 6) is 2.81. The molecule has 7 nitrogen and oxygen atoms in total. The Hall–Kier alpha value is -1.96. The normalized spacial score (nSPS) is 23.6. The minimum Gasteiger partial charge on any atom is -0.380 e. The van der Waals surface area contributed by atoms with E-state index in [9.17, 15) is 4.79 Å². The molecule has 0 bridgehead atoms. The molecule has 1 amide bonds. The van der Waals surface area contributed by atoms with Crippen LogP contribution in [-0.2, 0) is 22.6 Å². The molecule has 2 aromatic rings. The van der Waals surface area contributed by atoms with Crippen LogP contribution in [0.3, 0.4) is 0 Å². The minimum absolute atomic E-state index is 0.0933. The van der Waals surface area contributed by atoms with Crippen molar-refractivity contribution >= 4 is 17.5 Å². The van der Waals surface area contributed by atoms with Gasteiger partial charge >= 0.3 is 0 Å². The van der Waals surface area contributed by atoms with Crippen LogP contribution in [0.5, 0.6) is 0 Å². The van der Waals surface area contributed by atoms with Gasteiger partial charge in [-0.15, -0.1) is 10.2 Å². The molecule has 0 N–H and O–H groups in total. The maximum atomic E-state index is 12.4. The summed E-state index contributed by atoms with van der Waals surface area (Å²) in [5, 5.41) is 9.89. The van der Waals surface area contributed by atoms with Gasteiger partial charge in [-0.1, -0.05) is 11.6 Å². The first-order valence-electron chi connectivity index (χ1n) is 10.3. The molecule has 0 radical (unpaired) electrons. The Morgan fingerprint density at radius 2 is 2.00 bits per heavy atom. The van der Waals surface area contributed by atoms with Gasteiger partial charge in [0.05, 0.1) is 31.4 Å². The summed E-state index contributed by atoms with van der Waals surface area (Å²) in [5.41, 5.74) is 2.63. The van der Waals surface area contributed by atoms with Crippen LogP contribution in [0.1, 0.15) is 36.0 Å². The van der Waals surface area contributed by atoms with E-state index in [0.29, 0.717) is 19.1 Å². The maximum absolute atomic E-state index is 12.4. The van der Waals surface area contributed by atoms with Crippen LogP contribution in [-0.4, -0.2) is 63.8 Å². The van der Waals surface area contributed by atoms with E-state index in [-0.39, 0.29) is 17.2 Å².